The highest BCUT2D eigenvalue weighted by atomic mass is 32.2. The van der Waals surface area contributed by atoms with E-state index < -0.39 is 104 Å². The number of phenols is 1. The largest absolute Gasteiger partial charge is 0.505 e. The molecule has 0 atom stereocenters. The van der Waals surface area contributed by atoms with Crippen LogP contribution in [0.1, 0.15) is 6.42 Å². The van der Waals surface area contributed by atoms with E-state index in [0.29, 0.717) is 35.3 Å². The summed E-state index contributed by atoms with van der Waals surface area (Å²) in [6.45, 7) is -0.378. The molecule has 8 aromatic rings. The van der Waals surface area contributed by atoms with Gasteiger partial charge in [0.05, 0.1) is 51.4 Å². The molecule has 0 radical (unpaired) electrons. The smallest absolute Gasteiger partial charge is 0.296 e. The molecule has 0 aliphatic heterocycles. The van der Waals surface area contributed by atoms with Gasteiger partial charge in [0, 0.05) is 52.5 Å². The standard InChI is InChI=1S/C52H48N10O22S5/c1-79-43-24-39(58-59-40-25-46(82-4)41(26-45(40)81-3)60-62-51-50(89(76,77)78)19-28-16-31(8-12-35(28)52(51)63)54-27-84-33-10-6-30(53)7-11-33)44(80-2)23-38(43)57-55-32-9-13-37(47(20-32)83-14-5-15-85(64,65)66)56-61-42-22-36-29(18-49(42)88(73,74)75)17-34(86(67,68)69)21-48(36)87(70,71)72/h6-13,16-26,54,63H,5,14-15,27,53H2,1-4H3,(H,64,65,66)(H,67,68,69)(H,70,71,72)(H,73,74,75)(H,76,77,78). The normalized spacial score (nSPS) is 12.6. The Bertz CT molecular complexity index is 4820. The molecule has 8 aromatic carbocycles. The topological polar surface area (TPSA) is 484 Å². The molecule has 0 bridgehead atoms. The molecule has 0 unspecified atom stereocenters. The van der Waals surface area contributed by atoms with Crippen LogP contribution in [-0.2, 0) is 50.6 Å². The van der Waals surface area contributed by atoms with Crippen molar-refractivity contribution in [2.45, 2.75) is 26.0 Å². The SMILES string of the molecule is COc1cc(N=Nc2cc(OC)c(N=Nc3c(S(=O)(=O)O)cc4cc(NCOc5ccc(N)cc5)ccc4c3O)cc2OC)c(OC)cc1N=Nc1ccc(N=Nc2cc3c(S(=O)(=O)O)cc(S(=O)(=O)O)cc3cc2S(=O)(=O)O)c(OCCCS(=O)(=O)O)c1. The number of anilines is 2. The Labute approximate surface area is 505 Å². The second kappa shape index (κ2) is 26.4. The van der Waals surface area contributed by atoms with Crippen LogP contribution in [0.4, 0.5) is 56.9 Å². The first-order valence-corrected chi connectivity index (χ1v) is 32.2. The molecular formula is C52H48N10O22S5. The van der Waals surface area contributed by atoms with Crippen molar-refractivity contribution in [2.24, 2.45) is 40.9 Å². The molecule has 0 fully saturated rings. The molecule has 8 rings (SSSR count). The summed E-state index contributed by atoms with van der Waals surface area (Å²) in [7, 11) is -19.9. The number of benzene rings is 8. The highest BCUT2D eigenvalue weighted by Gasteiger charge is 2.26. The van der Waals surface area contributed by atoms with Crippen molar-refractivity contribution < 1.29 is 98.4 Å². The second-order valence-electron chi connectivity index (χ2n) is 18.2. The van der Waals surface area contributed by atoms with Crippen LogP contribution in [-0.4, -0.2) is 117 Å². The molecule has 32 nitrogen and oxygen atoms in total. The maximum Gasteiger partial charge on any atom is 0.296 e. The number of phenolic OH excluding ortho intramolecular Hbond substituents is 1. The predicted molar refractivity (Wildman–Crippen MR) is 318 cm³/mol. The minimum atomic E-state index is -5.28. The summed E-state index contributed by atoms with van der Waals surface area (Å²) >= 11 is 0. The molecule has 0 saturated carbocycles. The summed E-state index contributed by atoms with van der Waals surface area (Å²) in [6.07, 6.45) is -0.269. The Morgan fingerprint density at radius 3 is 1.48 bits per heavy atom. The fourth-order valence-electron chi connectivity index (χ4n) is 8.15. The third kappa shape index (κ3) is 16.1. The second-order valence-corrected chi connectivity index (χ2v) is 25.4. The summed E-state index contributed by atoms with van der Waals surface area (Å²) in [6, 6.07) is 24.0. The Morgan fingerprint density at radius 1 is 0.449 bits per heavy atom. The van der Waals surface area contributed by atoms with Gasteiger partial charge in [-0.3, -0.25) is 22.8 Å². The van der Waals surface area contributed by atoms with Crippen LogP contribution >= 0.6 is 0 Å². The maximum absolute atomic E-state index is 12.7. The zero-order valence-corrected chi connectivity index (χ0v) is 50.3. The van der Waals surface area contributed by atoms with Crippen LogP contribution in [0.3, 0.4) is 0 Å². The zero-order chi connectivity index (χ0) is 64.8. The van der Waals surface area contributed by atoms with E-state index in [-0.39, 0.29) is 93.4 Å². The highest BCUT2D eigenvalue weighted by Crippen LogP contribution is 2.47. The van der Waals surface area contributed by atoms with Crippen LogP contribution in [0.15, 0.2) is 176 Å². The summed E-state index contributed by atoms with van der Waals surface area (Å²) in [5.74, 6) is -0.870. The fraction of sp³-hybridized carbons (Fsp3) is 0.154. The van der Waals surface area contributed by atoms with Crippen molar-refractivity contribution in [1.82, 2.24) is 0 Å². The minimum Gasteiger partial charge on any atom is -0.505 e. The van der Waals surface area contributed by atoms with Gasteiger partial charge >= 0.3 is 0 Å². The lowest BCUT2D eigenvalue weighted by Gasteiger charge is -2.13. The molecule has 0 aromatic heterocycles. The van der Waals surface area contributed by atoms with E-state index in [1.807, 2.05) is 0 Å². The van der Waals surface area contributed by atoms with Gasteiger partial charge in [-0.25, -0.2) is 0 Å². The highest BCUT2D eigenvalue weighted by molar-refractivity contribution is 7.87. The molecule has 0 saturated heterocycles. The van der Waals surface area contributed by atoms with Crippen LogP contribution in [0, 0.1) is 0 Å². The average Bonchev–Trinajstić information content (AvgIpc) is 0.825. The minimum absolute atomic E-state index is 0.00593. The molecule has 89 heavy (non-hydrogen) atoms. The first-order valence-electron chi connectivity index (χ1n) is 24.8. The number of aromatic hydroxyl groups is 1. The number of ether oxygens (including phenoxy) is 6. The third-order valence-corrected chi connectivity index (χ3v) is 16.6. The number of fused-ring (bicyclic) bond motifs is 2. The van der Waals surface area contributed by atoms with E-state index >= 15 is 0 Å². The number of nitrogens with two attached hydrogens (primary N) is 1. The first-order chi connectivity index (χ1) is 41.9. The molecule has 0 heterocycles. The lowest BCUT2D eigenvalue weighted by Crippen LogP contribution is -2.08. The number of methoxy groups -OCH3 is 4. The number of hydrogen-bond donors (Lipinski definition) is 8. The van der Waals surface area contributed by atoms with Crippen molar-refractivity contribution in [3.05, 3.63) is 115 Å². The van der Waals surface area contributed by atoms with E-state index in [2.05, 4.69) is 46.2 Å². The summed E-state index contributed by atoms with van der Waals surface area (Å²) in [5, 5.41) is 46.9. The lowest BCUT2D eigenvalue weighted by molar-refractivity contribution is 0.317. The summed E-state index contributed by atoms with van der Waals surface area (Å²) < 4.78 is 205. The fourth-order valence-corrected chi connectivity index (χ4v) is 11.3. The molecule has 9 N–H and O–H groups in total. The van der Waals surface area contributed by atoms with E-state index in [1.54, 1.807) is 30.3 Å². The van der Waals surface area contributed by atoms with Crippen molar-refractivity contribution in [3.8, 4) is 40.2 Å². The Morgan fingerprint density at radius 2 is 0.955 bits per heavy atom. The quantitative estimate of drug-likeness (QED) is 0.00866. The van der Waals surface area contributed by atoms with Gasteiger partial charge in [-0.15, -0.1) is 35.8 Å². The van der Waals surface area contributed by atoms with Gasteiger partial charge in [0.1, 0.15) is 89.0 Å². The summed E-state index contributed by atoms with van der Waals surface area (Å²) in [5.41, 5.74) is 5.32. The number of rotatable bonds is 25. The monoisotopic (exact) mass is 1320 g/mol. The number of hydrogen-bond acceptors (Lipinski definition) is 27. The molecule has 0 aliphatic rings. The van der Waals surface area contributed by atoms with Crippen LogP contribution in [0.25, 0.3) is 21.5 Å². The predicted octanol–water partition coefficient (Wildman–Crippen LogP) is 11.1. The lowest BCUT2D eigenvalue weighted by atomic mass is 10.1. The van der Waals surface area contributed by atoms with Crippen LogP contribution in [0.2, 0.25) is 0 Å². The average molecular weight is 1330 g/mol. The molecular weight excluding hydrogens is 1280 g/mol. The van der Waals surface area contributed by atoms with E-state index in [9.17, 15) is 70.0 Å². The molecule has 0 aliphatic carbocycles. The van der Waals surface area contributed by atoms with Crippen molar-refractivity contribution in [2.75, 3.05) is 58.6 Å². The van der Waals surface area contributed by atoms with Crippen LogP contribution in [0.5, 0.6) is 40.2 Å². The Kier molecular flexibility index (Phi) is 19.4. The van der Waals surface area contributed by atoms with Gasteiger partial charge in [0.25, 0.3) is 50.6 Å². The summed E-state index contributed by atoms with van der Waals surface area (Å²) in [4.78, 5) is -3.97. The zero-order valence-electron chi connectivity index (χ0n) is 46.2. The molecule has 37 heteroatoms. The van der Waals surface area contributed by atoms with Gasteiger partial charge < -0.3 is 44.6 Å². The third-order valence-electron chi connectivity index (χ3n) is 12.3. The number of azo groups is 4. The number of nitrogens with one attached hydrogen (secondary N) is 1. The van der Waals surface area contributed by atoms with E-state index in [0.717, 1.165) is 12.1 Å². The molecule has 0 spiro atoms. The van der Waals surface area contributed by atoms with E-state index in [4.69, 9.17) is 34.2 Å². The Balaban J connectivity index is 1.07. The Hall–Kier alpha value is -9.57. The van der Waals surface area contributed by atoms with Gasteiger partial charge in [-0.2, -0.15) is 47.2 Å². The van der Waals surface area contributed by atoms with Gasteiger partial charge in [-0.05, 0) is 102 Å². The van der Waals surface area contributed by atoms with E-state index in [1.165, 1.54) is 83.0 Å². The van der Waals surface area contributed by atoms with Crippen LogP contribution < -0.4 is 39.5 Å². The maximum atomic E-state index is 12.7. The van der Waals surface area contributed by atoms with Crippen molar-refractivity contribution in [3.63, 3.8) is 0 Å². The van der Waals surface area contributed by atoms with Gasteiger partial charge in [0.2, 0.25) is 0 Å². The van der Waals surface area contributed by atoms with Gasteiger partial charge in [-0.1, -0.05) is 0 Å². The van der Waals surface area contributed by atoms with Crippen molar-refractivity contribution in [1.29, 1.82) is 0 Å². The van der Waals surface area contributed by atoms with Gasteiger partial charge in [0.15, 0.2) is 12.5 Å². The molecule has 468 valence electrons. The van der Waals surface area contributed by atoms with Crippen molar-refractivity contribution >= 4 is 129 Å². The molecule has 0 amide bonds. The first kappa shape index (κ1) is 65.4. The number of nitrogens with zero attached hydrogens (tertiary/aromatic N) is 8. The number of nitrogen functional groups attached to an aromatic ring is 1.